The minimum absolute atomic E-state index is 0.135. The molecule has 3 atom stereocenters. The second kappa shape index (κ2) is 2.82. The normalized spacial score (nSPS) is 41.9. The standard InChI is InChI=1S/C10H15NO2/c1-7-3-4-10(5-7)6-8(10)13-9(12)11-2/h7-8H,2-6H2,1H3/t7-,8?,10?/m0/s1. The molecular weight excluding hydrogens is 166 g/mol. The van der Waals surface area contributed by atoms with Crippen molar-refractivity contribution < 1.29 is 9.53 Å². The summed E-state index contributed by atoms with van der Waals surface area (Å²) in [6.45, 7) is 5.41. The van der Waals surface area contributed by atoms with Gasteiger partial charge in [0.2, 0.25) is 0 Å². The van der Waals surface area contributed by atoms with Gasteiger partial charge in [-0.15, -0.1) is 0 Å². The molecule has 0 radical (unpaired) electrons. The minimum atomic E-state index is -0.513. The van der Waals surface area contributed by atoms with E-state index in [0.717, 1.165) is 12.3 Å². The van der Waals surface area contributed by atoms with Crippen molar-refractivity contribution >= 4 is 12.8 Å². The number of ether oxygens (including phenoxy) is 1. The molecule has 3 nitrogen and oxygen atoms in total. The molecule has 3 heteroatoms. The fourth-order valence-corrected chi connectivity index (χ4v) is 2.55. The van der Waals surface area contributed by atoms with E-state index in [1.165, 1.54) is 19.3 Å². The summed E-state index contributed by atoms with van der Waals surface area (Å²) in [5, 5.41) is 0. The summed E-state index contributed by atoms with van der Waals surface area (Å²) in [7, 11) is 0. The second-order valence-corrected chi connectivity index (χ2v) is 4.44. The van der Waals surface area contributed by atoms with Crippen LogP contribution in [0.4, 0.5) is 4.79 Å². The Bertz CT molecular complexity index is 251. The number of amides is 1. The van der Waals surface area contributed by atoms with E-state index in [1.54, 1.807) is 0 Å². The van der Waals surface area contributed by atoms with Crippen LogP contribution in [0.25, 0.3) is 0 Å². The van der Waals surface area contributed by atoms with Gasteiger partial charge in [-0.3, -0.25) is 0 Å². The van der Waals surface area contributed by atoms with Gasteiger partial charge in [-0.05, 0) is 31.9 Å². The summed E-state index contributed by atoms with van der Waals surface area (Å²) in [4.78, 5) is 14.1. The highest BCUT2D eigenvalue weighted by molar-refractivity contribution is 5.73. The predicted octanol–water partition coefficient (Wildman–Crippen LogP) is 2.40. The molecule has 0 aromatic rings. The van der Waals surface area contributed by atoms with Crippen molar-refractivity contribution in [3.05, 3.63) is 0 Å². The van der Waals surface area contributed by atoms with Crippen molar-refractivity contribution in [2.45, 2.75) is 38.7 Å². The van der Waals surface area contributed by atoms with Gasteiger partial charge in [0, 0.05) is 5.41 Å². The van der Waals surface area contributed by atoms with Gasteiger partial charge in [0.25, 0.3) is 0 Å². The third-order valence-electron chi connectivity index (χ3n) is 3.38. The summed E-state index contributed by atoms with van der Waals surface area (Å²) >= 11 is 0. The molecule has 0 N–H and O–H groups in total. The van der Waals surface area contributed by atoms with Crippen molar-refractivity contribution in [2.75, 3.05) is 0 Å². The molecule has 2 aliphatic carbocycles. The fourth-order valence-electron chi connectivity index (χ4n) is 2.55. The molecule has 0 aliphatic heterocycles. The van der Waals surface area contributed by atoms with Crippen LogP contribution in [0, 0.1) is 11.3 Å². The first kappa shape index (κ1) is 8.73. The lowest BCUT2D eigenvalue weighted by Crippen LogP contribution is -2.08. The third kappa shape index (κ3) is 1.47. The zero-order valence-corrected chi connectivity index (χ0v) is 7.95. The molecular formula is C10H15NO2. The average molecular weight is 181 g/mol. The largest absolute Gasteiger partial charge is 0.444 e. The Hall–Kier alpha value is -0.860. The molecule has 0 saturated heterocycles. The zero-order chi connectivity index (χ0) is 9.47. The van der Waals surface area contributed by atoms with Gasteiger partial charge in [0.1, 0.15) is 6.10 Å². The Morgan fingerprint density at radius 2 is 2.38 bits per heavy atom. The zero-order valence-electron chi connectivity index (χ0n) is 7.95. The molecule has 2 saturated carbocycles. The first-order chi connectivity index (χ1) is 6.16. The van der Waals surface area contributed by atoms with Crippen molar-refractivity contribution in [2.24, 2.45) is 16.3 Å². The lowest BCUT2D eigenvalue weighted by molar-refractivity contribution is 0.131. The SMILES string of the molecule is C=NC(=O)OC1CC12CC[C@H](C)C2. The summed E-state index contributed by atoms with van der Waals surface area (Å²) in [6.07, 6.45) is 4.36. The van der Waals surface area contributed by atoms with Crippen LogP contribution in [0.2, 0.25) is 0 Å². The molecule has 1 amide bonds. The van der Waals surface area contributed by atoms with Crippen molar-refractivity contribution in [3.8, 4) is 0 Å². The first-order valence-electron chi connectivity index (χ1n) is 4.84. The number of carbonyl (C=O) groups is 1. The smallest absolute Gasteiger partial charge is 0.433 e. The summed E-state index contributed by atoms with van der Waals surface area (Å²) < 4.78 is 5.13. The van der Waals surface area contributed by atoms with E-state index >= 15 is 0 Å². The van der Waals surface area contributed by atoms with Crippen LogP contribution in [0.5, 0.6) is 0 Å². The second-order valence-electron chi connectivity index (χ2n) is 4.44. The topological polar surface area (TPSA) is 38.7 Å². The average Bonchev–Trinajstić information content (AvgIpc) is 2.59. The van der Waals surface area contributed by atoms with Crippen LogP contribution >= 0.6 is 0 Å². The molecule has 2 aliphatic rings. The van der Waals surface area contributed by atoms with E-state index < -0.39 is 6.09 Å². The van der Waals surface area contributed by atoms with Gasteiger partial charge in [-0.25, -0.2) is 4.79 Å². The number of hydrogen-bond acceptors (Lipinski definition) is 2. The van der Waals surface area contributed by atoms with Crippen LogP contribution in [0.3, 0.4) is 0 Å². The Morgan fingerprint density at radius 1 is 1.62 bits per heavy atom. The monoisotopic (exact) mass is 181 g/mol. The van der Waals surface area contributed by atoms with Crippen LogP contribution in [-0.2, 0) is 4.74 Å². The van der Waals surface area contributed by atoms with Crippen LogP contribution in [0.15, 0.2) is 4.99 Å². The highest BCUT2D eigenvalue weighted by atomic mass is 16.6. The Kier molecular flexibility index (Phi) is 1.90. The number of nitrogens with zero attached hydrogens (tertiary/aromatic N) is 1. The molecule has 0 aromatic carbocycles. The molecule has 72 valence electrons. The predicted molar refractivity (Wildman–Crippen MR) is 49.9 cm³/mol. The van der Waals surface area contributed by atoms with E-state index in [0.29, 0.717) is 5.41 Å². The Balaban J connectivity index is 1.87. The fraction of sp³-hybridized carbons (Fsp3) is 0.800. The molecule has 1 spiro atoms. The van der Waals surface area contributed by atoms with Crippen LogP contribution in [-0.4, -0.2) is 18.9 Å². The third-order valence-corrected chi connectivity index (χ3v) is 3.38. The Labute approximate surface area is 78.2 Å². The highest BCUT2D eigenvalue weighted by Crippen LogP contribution is 2.61. The maximum absolute atomic E-state index is 10.8. The number of hydrogen-bond donors (Lipinski definition) is 0. The first-order valence-corrected chi connectivity index (χ1v) is 4.84. The van der Waals surface area contributed by atoms with Crippen molar-refractivity contribution in [1.82, 2.24) is 0 Å². The molecule has 0 heterocycles. The highest BCUT2D eigenvalue weighted by Gasteiger charge is 2.59. The van der Waals surface area contributed by atoms with E-state index in [4.69, 9.17) is 4.74 Å². The molecule has 2 rings (SSSR count). The lowest BCUT2D eigenvalue weighted by Gasteiger charge is -2.07. The van der Waals surface area contributed by atoms with Gasteiger partial charge in [-0.1, -0.05) is 13.3 Å². The van der Waals surface area contributed by atoms with Crippen LogP contribution in [0.1, 0.15) is 32.6 Å². The summed E-state index contributed by atoms with van der Waals surface area (Å²) in [5.74, 6) is 0.792. The molecule has 0 bridgehead atoms. The Morgan fingerprint density at radius 3 is 2.92 bits per heavy atom. The summed E-state index contributed by atoms with van der Waals surface area (Å²) in [6, 6.07) is 0. The van der Waals surface area contributed by atoms with Gasteiger partial charge >= 0.3 is 6.09 Å². The van der Waals surface area contributed by atoms with E-state index in [1.807, 2.05) is 0 Å². The number of rotatable bonds is 1. The molecule has 0 aromatic heterocycles. The number of aliphatic imine (C=N–C) groups is 1. The summed E-state index contributed by atoms with van der Waals surface area (Å²) in [5.41, 5.74) is 0.333. The molecule has 13 heavy (non-hydrogen) atoms. The quantitative estimate of drug-likeness (QED) is 0.582. The van der Waals surface area contributed by atoms with Gasteiger partial charge in [0.15, 0.2) is 0 Å². The molecule has 2 fully saturated rings. The van der Waals surface area contributed by atoms with E-state index in [9.17, 15) is 4.79 Å². The lowest BCUT2D eigenvalue weighted by atomic mass is 10.0. The van der Waals surface area contributed by atoms with Crippen molar-refractivity contribution in [3.63, 3.8) is 0 Å². The van der Waals surface area contributed by atoms with E-state index in [2.05, 4.69) is 18.6 Å². The number of carbonyl (C=O) groups excluding carboxylic acids is 1. The van der Waals surface area contributed by atoms with Crippen molar-refractivity contribution in [1.29, 1.82) is 0 Å². The van der Waals surface area contributed by atoms with Gasteiger partial charge in [-0.2, -0.15) is 4.99 Å². The van der Waals surface area contributed by atoms with E-state index in [-0.39, 0.29) is 6.10 Å². The van der Waals surface area contributed by atoms with Crippen LogP contribution < -0.4 is 0 Å². The molecule has 2 unspecified atom stereocenters. The maximum atomic E-state index is 10.8. The van der Waals surface area contributed by atoms with Gasteiger partial charge < -0.3 is 4.74 Å². The van der Waals surface area contributed by atoms with Gasteiger partial charge in [0.05, 0.1) is 0 Å². The maximum Gasteiger partial charge on any atom is 0.433 e. The minimum Gasteiger partial charge on any atom is -0.444 e.